The predicted octanol–water partition coefficient (Wildman–Crippen LogP) is 4.93. The van der Waals surface area contributed by atoms with Gasteiger partial charge in [0, 0.05) is 6.07 Å². The molecule has 1 heterocycles. The Morgan fingerprint density at radius 2 is 1.79 bits per heavy atom. The molecule has 0 aromatic heterocycles. The average Bonchev–Trinajstić information content (AvgIpc) is 2.94. The second-order valence-electron chi connectivity index (χ2n) is 8.30. The Bertz CT molecular complexity index is 946. The van der Waals surface area contributed by atoms with E-state index in [1.165, 1.54) is 5.56 Å². The van der Waals surface area contributed by atoms with Gasteiger partial charge in [0.1, 0.15) is 11.5 Å². The van der Waals surface area contributed by atoms with Gasteiger partial charge in [-0.25, -0.2) is 4.79 Å². The maximum atomic E-state index is 12.6. The minimum atomic E-state index is -0.447. The van der Waals surface area contributed by atoms with Crippen molar-refractivity contribution >= 4 is 17.8 Å². The van der Waals surface area contributed by atoms with Gasteiger partial charge < -0.3 is 14.2 Å². The molecule has 0 N–H and O–H groups in total. The van der Waals surface area contributed by atoms with Crippen LogP contribution in [0.2, 0.25) is 0 Å². The summed E-state index contributed by atoms with van der Waals surface area (Å²) in [5.41, 5.74) is 2.65. The molecule has 0 bridgehead atoms. The highest BCUT2D eigenvalue weighted by Gasteiger charge is 2.28. The van der Waals surface area contributed by atoms with Crippen molar-refractivity contribution in [3.05, 3.63) is 64.9 Å². The number of hydrogen-bond acceptors (Lipinski definition) is 5. The van der Waals surface area contributed by atoms with Crippen LogP contribution < -0.4 is 9.47 Å². The molecule has 0 radical (unpaired) electrons. The maximum absolute atomic E-state index is 12.6. The minimum absolute atomic E-state index is 0.0690. The first-order valence-electron chi connectivity index (χ1n) is 9.64. The van der Waals surface area contributed by atoms with E-state index in [4.69, 9.17) is 14.2 Å². The summed E-state index contributed by atoms with van der Waals surface area (Å²) < 4.78 is 16.2. The number of ether oxygens (including phenoxy) is 3. The second-order valence-corrected chi connectivity index (χ2v) is 8.30. The Morgan fingerprint density at radius 1 is 1.10 bits per heavy atom. The number of esters is 1. The fraction of sp³-hybridized carbons (Fsp3) is 0.333. The number of allylic oxidation sites excluding steroid dienone is 1. The molecule has 2 aromatic carbocycles. The van der Waals surface area contributed by atoms with Gasteiger partial charge in [-0.1, -0.05) is 45.0 Å². The highest BCUT2D eigenvalue weighted by molar-refractivity contribution is 6.14. The Morgan fingerprint density at radius 3 is 2.41 bits per heavy atom. The molecule has 0 aliphatic carbocycles. The van der Waals surface area contributed by atoms with E-state index in [1.807, 2.05) is 12.1 Å². The molecule has 1 aliphatic heterocycles. The largest absolute Gasteiger partial charge is 0.482 e. The fourth-order valence-corrected chi connectivity index (χ4v) is 2.93. The molecule has 5 heteroatoms. The maximum Gasteiger partial charge on any atom is 0.344 e. The SMILES string of the molecule is CC(C)OC(=O)COc1ccc2c(c1)O/C(=C\c1ccc(C(C)(C)C)cc1)C2=O. The lowest BCUT2D eigenvalue weighted by Gasteiger charge is -2.18. The van der Waals surface area contributed by atoms with Crippen molar-refractivity contribution in [2.45, 2.75) is 46.1 Å². The van der Waals surface area contributed by atoms with Crippen molar-refractivity contribution in [2.24, 2.45) is 0 Å². The molecule has 0 saturated carbocycles. The van der Waals surface area contributed by atoms with Crippen LogP contribution in [0.1, 0.15) is 56.1 Å². The first-order valence-corrected chi connectivity index (χ1v) is 9.64. The van der Waals surface area contributed by atoms with E-state index >= 15 is 0 Å². The van der Waals surface area contributed by atoms with Gasteiger partial charge in [0.25, 0.3) is 0 Å². The molecule has 0 atom stereocenters. The standard InChI is InChI=1S/C24H26O5/c1-15(2)28-22(25)14-27-18-10-11-19-20(13-18)29-21(23(19)26)12-16-6-8-17(9-7-16)24(3,4)5/h6-13,15H,14H2,1-5H3/b21-12-. The zero-order chi connectivity index (χ0) is 21.2. The van der Waals surface area contributed by atoms with E-state index in [0.717, 1.165) is 5.56 Å². The molecule has 2 aromatic rings. The van der Waals surface area contributed by atoms with Gasteiger partial charge in [-0.15, -0.1) is 0 Å². The zero-order valence-corrected chi connectivity index (χ0v) is 17.4. The lowest BCUT2D eigenvalue weighted by Crippen LogP contribution is -2.18. The third kappa shape index (κ3) is 5.05. The van der Waals surface area contributed by atoms with Crippen LogP contribution >= 0.6 is 0 Å². The van der Waals surface area contributed by atoms with Gasteiger partial charge in [0.05, 0.1) is 11.7 Å². The molecule has 152 valence electrons. The smallest absolute Gasteiger partial charge is 0.344 e. The molecule has 3 rings (SSSR count). The van der Waals surface area contributed by atoms with E-state index < -0.39 is 5.97 Å². The molecule has 0 spiro atoms. The van der Waals surface area contributed by atoms with Crippen LogP contribution in [-0.2, 0) is 14.9 Å². The summed E-state index contributed by atoms with van der Waals surface area (Å²) >= 11 is 0. The van der Waals surface area contributed by atoms with Gasteiger partial charge in [-0.05, 0) is 48.6 Å². The lowest BCUT2D eigenvalue weighted by molar-refractivity contribution is -0.149. The van der Waals surface area contributed by atoms with Crippen molar-refractivity contribution in [1.82, 2.24) is 0 Å². The van der Waals surface area contributed by atoms with Crippen LogP contribution in [0.4, 0.5) is 0 Å². The van der Waals surface area contributed by atoms with E-state index in [-0.39, 0.29) is 29.7 Å². The summed E-state index contributed by atoms with van der Waals surface area (Å²) in [5.74, 6) is 0.498. The minimum Gasteiger partial charge on any atom is -0.482 e. The molecule has 0 amide bonds. The first kappa shape index (κ1) is 20.6. The first-order chi connectivity index (χ1) is 13.6. The molecule has 29 heavy (non-hydrogen) atoms. The zero-order valence-electron chi connectivity index (χ0n) is 17.4. The topological polar surface area (TPSA) is 61.8 Å². The molecule has 0 saturated heterocycles. The molecular formula is C24H26O5. The van der Waals surface area contributed by atoms with Gasteiger partial charge in [-0.2, -0.15) is 0 Å². The Kier molecular flexibility index (Phi) is 5.78. The van der Waals surface area contributed by atoms with Crippen LogP contribution in [0.25, 0.3) is 6.08 Å². The number of fused-ring (bicyclic) bond motifs is 1. The molecule has 1 aliphatic rings. The highest BCUT2D eigenvalue weighted by Crippen LogP contribution is 2.35. The van der Waals surface area contributed by atoms with Gasteiger partial charge in [-0.3, -0.25) is 4.79 Å². The third-order valence-corrected chi connectivity index (χ3v) is 4.44. The molecule has 0 unspecified atom stereocenters. The lowest BCUT2D eigenvalue weighted by atomic mass is 9.86. The summed E-state index contributed by atoms with van der Waals surface area (Å²) in [6.45, 7) is 9.82. The van der Waals surface area contributed by atoms with E-state index in [2.05, 4.69) is 32.9 Å². The van der Waals surface area contributed by atoms with Crippen LogP contribution in [0.15, 0.2) is 48.2 Å². The summed E-state index contributed by atoms with van der Waals surface area (Å²) in [6.07, 6.45) is 1.53. The van der Waals surface area contributed by atoms with E-state index in [9.17, 15) is 9.59 Å². The summed E-state index contributed by atoms with van der Waals surface area (Å²) in [4.78, 5) is 24.2. The Labute approximate surface area is 171 Å². The van der Waals surface area contributed by atoms with Gasteiger partial charge >= 0.3 is 5.97 Å². The van der Waals surface area contributed by atoms with Crippen LogP contribution in [0.5, 0.6) is 11.5 Å². The number of benzene rings is 2. The Balaban J connectivity index is 1.72. The second kappa shape index (κ2) is 8.11. The van der Waals surface area contributed by atoms with Crippen LogP contribution in [0, 0.1) is 0 Å². The van der Waals surface area contributed by atoms with Crippen molar-refractivity contribution in [3.63, 3.8) is 0 Å². The number of hydrogen-bond donors (Lipinski definition) is 0. The summed E-state index contributed by atoms with van der Waals surface area (Å²) in [6, 6.07) is 13.0. The van der Waals surface area contributed by atoms with Crippen LogP contribution in [-0.4, -0.2) is 24.5 Å². The number of carbonyl (C=O) groups is 2. The Hall–Kier alpha value is -3.08. The highest BCUT2D eigenvalue weighted by atomic mass is 16.6. The molecule has 5 nitrogen and oxygen atoms in total. The van der Waals surface area contributed by atoms with Crippen LogP contribution in [0.3, 0.4) is 0 Å². The normalized spacial score (nSPS) is 14.7. The number of rotatable bonds is 5. The van der Waals surface area contributed by atoms with Gasteiger partial charge in [0.2, 0.25) is 5.78 Å². The fourth-order valence-electron chi connectivity index (χ4n) is 2.93. The third-order valence-electron chi connectivity index (χ3n) is 4.44. The van der Waals surface area contributed by atoms with Crippen molar-refractivity contribution in [1.29, 1.82) is 0 Å². The monoisotopic (exact) mass is 394 g/mol. The van der Waals surface area contributed by atoms with E-state index in [0.29, 0.717) is 17.1 Å². The summed E-state index contributed by atoms with van der Waals surface area (Å²) in [5, 5.41) is 0. The predicted molar refractivity (Wildman–Crippen MR) is 111 cm³/mol. The van der Waals surface area contributed by atoms with Crippen molar-refractivity contribution < 1.29 is 23.8 Å². The number of Topliss-reactive ketones (excluding diaryl/α,β-unsaturated/α-hetero) is 1. The summed E-state index contributed by atoms with van der Waals surface area (Å²) in [7, 11) is 0. The van der Waals surface area contributed by atoms with Crippen molar-refractivity contribution in [2.75, 3.05) is 6.61 Å². The number of ketones is 1. The van der Waals surface area contributed by atoms with Gasteiger partial charge in [0.15, 0.2) is 12.4 Å². The number of carbonyl (C=O) groups excluding carboxylic acids is 2. The molecular weight excluding hydrogens is 368 g/mol. The molecule has 0 fully saturated rings. The quantitative estimate of drug-likeness (QED) is 0.531. The van der Waals surface area contributed by atoms with E-state index in [1.54, 1.807) is 38.1 Å². The average molecular weight is 394 g/mol. The van der Waals surface area contributed by atoms with Crippen molar-refractivity contribution in [3.8, 4) is 11.5 Å².